The molecule has 5 nitrogen and oxygen atoms in total. The van der Waals surface area contributed by atoms with E-state index in [1.807, 2.05) is 0 Å². The SMILES string of the molecule is O=C(O)c1cncc(NC(=O)c2ccc(CCl)cc2)c1. The van der Waals surface area contributed by atoms with Gasteiger partial charge in [0.2, 0.25) is 0 Å². The molecule has 2 rings (SSSR count). The molecule has 0 bridgehead atoms. The Balaban J connectivity index is 2.14. The maximum absolute atomic E-state index is 12.0. The molecule has 0 aliphatic rings. The lowest BCUT2D eigenvalue weighted by Crippen LogP contribution is -2.12. The van der Waals surface area contributed by atoms with Gasteiger partial charge >= 0.3 is 5.97 Å². The number of carbonyl (C=O) groups excluding carboxylic acids is 1. The van der Waals surface area contributed by atoms with Crippen LogP contribution in [0, 0.1) is 0 Å². The van der Waals surface area contributed by atoms with Crippen molar-refractivity contribution < 1.29 is 14.7 Å². The molecular weight excluding hydrogens is 280 g/mol. The lowest BCUT2D eigenvalue weighted by Gasteiger charge is -2.06. The van der Waals surface area contributed by atoms with Gasteiger partial charge < -0.3 is 10.4 Å². The van der Waals surface area contributed by atoms with Crippen LogP contribution in [0.2, 0.25) is 0 Å². The number of nitrogens with one attached hydrogen (secondary N) is 1. The molecule has 0 saturated heterocycles. The minimum Gasteiger partial charge on any atom is -0.478 e. The zero-order valence-electron chi connectivity index (χ0n) is 10.3. The van der Waals surface area contributed by atoms with Crippen LogP contribution in [-0.2, 0) is 5.88 Å². The molecule has 1 aromatic carbocycles. The highest BCUT2D eigenvalue weighted by molar-refractivity contribution is 6.17. The van der Waals surface area contributed by atoms with E-state index in [-0.39, 0.29) is 11.5 Å². The molecule has 2 N–H and O–H groups in total. The second kappa shape index (κ2) is 6.16. The summed E-state index contributed by atoms with van der Waals surface area (Å²) in [4.78, 5) is 26.6. The van der Waals surface area contributed by atoms with E-state index in [4.69, 9.17) is 16.7 Å². The van der Waals surface area contributed by atoms with Crippen LogP contribution in [0.5, 0.6) is 0 Å². The minimum absolute atomic E-state index is 0.0142. The summed E-state index contributed by atoms with van der Waals surface area (Å²) in [5.41, 5.74) is 1.72. The Labute approximate surface area is 120 Å². The van der Waals surface area contributed by atoms with Crippen molar-refractivity contribution in [3.63, 3.8) is 0 Å². The van der Waals surface area contributed by atoms with Crippen molar-refractivity contribution in [1.29, 1.82) is 0 Å². The van der Waals surface area contributed by atoms with E-state index in [1.54, 1.807) is 24.3 Å². The number of anilines is 1. The first-order valence-electron chi connectivity index (χ1n) is 5.75. The molecule has 20 heavy (non-hydrogen) atoms. The zero-order chi connectivity index (χ0) is 14.5. The fourth-order valence-corrected chi connectivity index (χ4v) is 1.75. The average molecular weight is 291 g/mol. The number of nitrogens with zero attached hydrogens (tertiary/aromatic N) is 1. The van der Waals surface area contributed by atoms with Crippen molar-refractivity contribution in [3.05, 3.63) is 59.4 Å². The standard InChI is InChI=1S/C14H11ClN2O3/c15-6-9-1-3-10(4-2-9)13(18)17-12-5-11(14(19)20)7-16-8-12/h1-5,7-8H,6H2,(H,17,18)(H,19,20). The molecule has 6 heteroatoms. The van der Waals surface area contributed by atoms with Gasteiger partial charge in [-0.25, -0.2) is 4.79 Å². The fraction of sp³-hybridized carbons (Fsp3) is 0.0714. The quantitative estimate of drug-likeness (QED) is 0.849. The highest BCUT2D eigenvalue weighted by Crippen LogP contribution is 2.12. The van der Waals surface area contributed by atoms with Crippen molar-refractivity contribution in [2.75, 3.05) is 5.32 Å². The van der Waals surface area contributed by atoms with Crippen LogP contribution in [0.25, 0.3) is 0 Å². The summed E-state index contributed by atoms with van der Waals surface area (Å²) in [6, 6.07) is 8.17. The van der Waals surface area contributed by atoms with E-state index in [9.17, 15) is 9.59 Å². The molecule has 2 aromatic rings. The van der Waals surface area contributed by atoms with Crippen molar-refractivity contribution in [2.45, 2.75) is 5.88 Å². The Morgan fingerprint density at radius 3 is 2.45 bits per heavy atom. The summed E-state index contributed by atoms with van der Waals surface area (Å²) in [5, 5.41) is 11.4. The van der Waals surface area contributed by atoms with E-state index in [0.717, 1.165) is 5.56 Å². The van der Waals surface area contributed by atoms with Gasteiger partial charge in [0.15, 0.2) is 0 Å². The number of alkyl halides is 1. The predicted octanol–water partition coefficient (Wildman–Crippen LogP) is 2.77. The number of hydrogen-bond donors (Lipinski definition) is 2. The first kappa shape index (κ1) is 14.0. The summed E-state index contributed by atoms with van der Waals surface area (Å²) in [7, 11) is 0. The first-order chi connectivity index (χ1) is 9.60. The maximum Gasteiger partial charge on any atom is 0.337 e. The van der Waals surface area contributed by atoms with Crippen molar-refractivity contribution in [2.24, 2.45) is 0 Å². The van der Waals surface area contributed by atoms with Crippen molar-refractivity contribution >= 4 is 29.2 Å². The maximum atomic E-state index is 12.0. The van der Waals surface area contributed by atoms with Gasteiger partial charge in [0, 0.05) is 17.6 Å². The van der Waals surface area contributed by atoms with Gasteiger partial charge in [-0.05, 0) is 23.8 Å². The van der Waals surface area contributed by atoms with Crippen LogP contribution in [0.3, 0.4) is 0 Å². The number of rotatable bonds is 4. The molecule has 102 valence electrons. The third-order valence-electron chi connectivity index (χ3n) is 2.61. The molecule has 0 atom stereocenters. The van der Waals surface area contributed by atoms with Gasteiger partial charge in [-0.2, -0.15) is 0 Å². The molecule has 0 aliphatic heterocycles. The largest absolute Gasteiger partial charge is 0.478 e. The number of halogens is 1. The van der Waals surface area contributed by atoms with E-state index >= 15 is 0 Å². The van der Waals surface area contributed by atoms with Crippen LogP contribution in [0.1, 0.15) is 26.3 Å². The lowest BCUT2D eigenvalue weighted by atomic mass is 10.1. The number of carbonyl (C=O) groups is 2. The van der Waals surface area contributed by atoms with E-state index in [1.165, 1.54) is 18.5 Å². The molecule has 0 fully saturated rings. The van der Waals surface area contributed by atoms with Crippen LogP contribution in [0.4, 0.5) is 5.69 Å². The van der Waals surface area contributed by atoms with Crippen LogP contribution in [0.15, 0.2) is 42.7 Å². The van der Waals surface area contributed by atoms with Gasteiger partial charge in [0.25, 0.3) is 5.91 Å². The normalized spacial score (nSPS) is 10.1. The average Bonchev–Trinajstić information content (AvgIpc) is 2.47. The number of benzene rings is 1. The molecule has 0 saturated carbocycles. The molecule has 0 aliphatic carbocycles. The summed E-state index contributed by atoms with van der Waals surface area (Å²) in [6.07, 6.45) is 2.60. The Bertz CT molecular complexity index is 641. The van der Waals surface area contributed by atoms with Gasteiger partial charge in [-0.3, -0.25) is 9.78 Å². The minimum atomic E-state index is -1.10. The number of aromatic carboxylic acids is 1. The fourth-order valence-electron chi connectivity index (χ4n) is 1.57. The molecule has 0 radical (unpaired) electrons. The third kappa shape index (κ3) is 3.33. The van der Waals surface area contributed by atoms with E-state index in [0.29, 0.717) is 17.1 Å². The number of carboxylic acids is 1. The second-order valence-electron chi connectivity index (χ2n) is 4.05. The Kier molecular flexibility index (Phi) is 4.32. The van der Waals surface area contributed by atoms with Gasteiger partial charge in [0.1, 0.15) is 0 Å². The number of aromatic nitrogens is 1. The van der Waals surface area contributed by atoms with Crippen molar-refractivity contribution in [1.82, 2.24) is 4.98 Å². The molecule has 0 unspecified atom stereocenters. The summed E-state index contributed by atoms with van der Waals surface area (Å²) in [5.74, 6) is -1.05. The Morgan fingerprint density at radius 2 is 1.85 bits per heavy atom. The number of amides is 1. The van der Waals surface area contributed by atoms with E-state index in [2.05, 4.69) is 10.3 Å². The summed E-state index contributed by atoms with van der Waals surface area (Å²) in [6.45, 7) is 0. The van der Waals surface area contributed by atoms with Gasteiger partial charge in [-0.1, -0.05) is 12.1 Å². The van der Waals surface area contributed by atoms with Gasteiger partial charge in [-0.15, -0.1) is 11.6 Å². The molecular formula is C14H11ClN2O3. The molecule has 1 heterocycles. The highest BCUT2D eigenvalue weighted by atomic mass is 35.5. The van der Waals surface area contributed by atoms with Crippen LogP contribution >= 0.6 is 11.6 Å². The molecule has 0 spiro atoms. The Morgan fingerprint density at radius 1 is 1.15 bits per heavy atom. The molecule has 1 aromatic heterocycles. The Hall–Kier alpha value is -2.40. The van der Waals surface area contributed by atoms with Crippen molar-refractivity contribution in [3.8, 4) is 0 Å². The third-order valence-corrected chi connectivity index (χ3v) is 2.92. The van der Waals surface area contributed by atoms with E-state index < -0.39 is 5.97 Å². The van der Waals surface area contributed by atoms with Gasteiger partial charge in [0.05, 0.1) is 17.4 Å². The smallest absolute Gasteiger partial charge is 0.337 e. The number of carboxylic acid groups (broad SMARTS) is 1. The zero-order valence-corrected chi connectivity index (χ0v) is 11.1. The predicted molar refractivity (Wildman–Crippen MR) is 75.1 cm³/mol. The van der Waals surface area contributed by atoms with Crippen LogP contribution in [-0.4, -0.2) is 22.0 Å². The highest BCUT2D eigenvalue weighted by Gasteiger charge is 2.08. The monoisotopic (exact) mass is 290 g/mol. The summed E-state index contributed by atoms with van der Waals surface area (Å²) < 4.78 is 0. The number of hydrogen-bond acceptors (Lipinski definition) is 3. The molecule has 1 amide bonds. The van der Waals surface area contributed by atoms with Crippen LogP contribution < -0.4 is 5.32 Å². The first-order valence-corrected chi connectivity index (χ1v) is 6.28. The summed E-state index contributed by atoms with van der Waals surface area (Å²) >= 11 is 5.67. The number of pyridine rings is 1. The topological polar surface area (TPSA) is 79.3 Å². The lowest BCUT2D eigenvalue weighted by molar-refractivity contribution is 0.0696. The second-order valence-corrected chi connectivity index (χ2v) is 4.32.